The first-order valence-corrected chi connectivity index (χ1v) is 9.40. The summed E-state index contributed by atoms with van der Waals surface area (Å²) in [6.07, 6.45) is 0. The van der Waals surface area contributed by atoms with Crippen LogP contribution in [0.15, 0.2) is 48.5 Å². The van der Waals surface area contributed by atoms with E-state index < -0.39 is 5.91 Å². The fourth-order valence-electron chi connectivity index (χ4n) is 3.71. The first kappa shape index (κ1) is 18.1. The molecule has 2 N–H and O–H groups in total. The number of aromatic nitrogens is 1. The lowest BCUT2D eigenvalue weighted by molar-refractivity contribution is 0.100. The van der Waals surface area contributed by atoms with Gasteiger partial charge in [0.15, 0.2) is 0 Å². The number of amides is 1. The first-order chi connectivity index (χ1) is 13.5. The fraction of sp³-hybridized carbons (Fsp3) is 0.273. The molecule has 1 aromatic heterocycles. The van der Waals surface area contributed by atoms with E-state index in [0.717, 1.165) is 54.3 Å². The Labute approximate surface area is 164 Å². The summed E-state index contributed by atoms with van der Waals surface area (Å²) in [4.78, 5) is 20.8. The minimum absolute atomic E-state index is 0.396. The van der Waals surface area contributed by atoms with E-state index in [1.165, 1.54) is 5.56 Å². The highest BCUT2D eigenvalue weighted by molar-refractivity contribution is 5.93. The van der Waals surface area contributed by atoms with Crippen LogP contribution < -0.4 is 20.3 Å². The molecule has 2 aromatic carbocycles. The van der Waals surface area contributed by atoms with Gasteiger partial charge in [0.2, 0.25) is 5.91 Å². The van der Waals surface area contributed by atoms with Gasteiger partial charge in [-0.2, -0.15) is 0 Å². The number of carbonyl (C=O) groups is 1. The molecule has 6 nitrogen and oxygen atoms in total. The molecule has 0 aliphatic carbocycles. The van der Waals surface area contributed by atoms with Crippen molar-refractivity contribution in [1.82, 2.24) is 4.98 Å². The third-order valence-corrected chi connectivity index (χ3v) is 5.28. The molecule has 144 valence electrons. The number of benzene rings is 2. The molecule has 1 aliphatic heterocycles. The van der Waals surface area contributed by atoms with Crippen molar-refractivity contribution < 1.29 is 9.53 Å². The van der Waals surface area contributed by atoms with E-state index in [0.29, 0.717) is 5.56 Å². The summed E-state index contributed by atoms with van der Waals surface area (Å²) < 4.78 is 5.31. The average Bonchev–Trinajstić information content (AvgIpc) is 2.73. The molecule has 0 spiro atoms. The summed E-state index contributed by atoms with van der Waals surface area (Å²) in [7, 11) is 1.68. The van der Waals surface area contributed by atoms with E-state index in [2.05, 4.69) is 22.8 Å². The highest BCUT2D eigenvalue weighted by Gasteiger charge is 2.20. The number of hydrogen-bond acceptors (Lipinski definition) is 5. The number of piperazine rings is 1. The van der Waals surface area contributed by atoms with Crippen molar-refractivity contribution in [2.45, 2.75) is 6.92 Å². The molecule has 3 aromatic rings. The Morgan fingerprint density at radius 3 is 2.32 bits per heavy atom. The van der Waals surface area contributed by atoms with Gasteiger partial charge in [0.25, 0.3) is 0 Å². The number of nitrogens with two attached hydrogens (primary N) is 1. The van der Waals surface area contributed by atoms with Gasteiger partial charge in [0, 0.05) is 42.8 Å². The van der Waals surface area contributed by atoms with Gasteiger partial charge in [-0.25, -0.2) is 4.98 Å². The third-order valence-electron chi connectivity index (χ3n) is 5.28. The largest absolute Gasteiger partial charge is 0.497 e. The average molecular weight is 376 g/mol. The van der Waals surface area contributed by atoms with Crippen LogP contribution in [0.2, 0.25) is 0 Å². The van der Waals surface area contributed by atoms with Crippen molar-refractivity contribution in [2.75, 3.05) is 43.1 Å². The Hall–Kier alpha value is -3.28. The lowest BCUT2D eigenvalue weighted by Gasteiger charge is -2.37. The zero-order chi connectivity index (χ0) is 19.7. The fourth-order valence-corrected chi connectivity index (χ4v) is 3.71. The lowest BCUT2D eigenvalue weighted by atomic mass is 10.1. The topological polar surface area (TPSA) is 71.7 Å². The summed E-state index contributed by atoms with van der Waals surface area (Å²) in [5.41, 5.74) is 9.11. The van der Waals surface area contributed by atoms with Crippen molar-refractivity contribution in [3.8, 4) is 5.75 Å². The highest BCUT2D eigenvalue weighted by atomic mass is 16.5. The molecule has 0 saturated carbocycles. The highest BCUT2D eigenvalue weighted by Crippen LogP contribution is 2.27. The Bertz CT molecular complexity index is 1010. The van der Waals surface area contributed by atoms with Crippen LogP contribution >= 0.6 is 0 Å². The van der Waals surface area contributed by atoms with E-state index in [1.807, 2.05) is 30.3 Å². The summed E-state index contributed by atoms with van der Waals surface area (Å²) in [5, 5.41) is 1.09. The zero-order valence-corrected chi connectivity index (χ0v) is 16.2. The van der Waals surface area contributed by atoms with Crippen molar-refractivity contribution in [3.63, 3.8) is 0 Å². The second-order valence-electron chi connectivity index (χ2n) is 7.07. The predicted octanol–water partition coefficient (Wildman–Crippen LogP) is 2.98. The molecule has 1 aliphatic rings. The monoisotopic (exact) mass is 376 g/mol. The van der Waals surface area contributed by atoms with Gasteiger partial charge in [0.05, 0.1) is 12.6 Å². The Balaban J connectivity index is 1.50. The van der Waals surface area contributed by atoms with Crippen molar-refractivity contribution >= 4 is 28.3 Å². The number of aryl methyl sites for hydroxylation is 1. The van der Waals surface area contributed by atoms with E-state index in [-0.39, 0.29) is 0 Å². The van der Waals surface area contributed by atoms with Crippen molar-refractivity contribution in [2.24, 2.45) is 5.73 Å². The van der Waals surface area contributed by atoms with Crippen LogP contribution in [0.3, 0.4) is 0 Å². The Morgan fingerprint density at radius 2 is 1.68 bits per heavy atom. The van der Waals surface area contributed by atoms with Crippen LogP contribution in [0.5, 0.6) is 5.75 Å². The summed E-state index contributed by atoms with van der Waals surface area (Å²) in [6, 6.07) is 15.6. The Kier molecular flexibility index (Phi) is 4.77. The molecule has 2 heterocycles. The van der Waals surface area contributed by atoms with Crippen molar-refractivity contribution in [1.29, 1.82) is 0 Å². The standard InChI is InChI=1S/C22H24N4O2/c1-15-13-17-14-19(28-2)7-8-20(17)24-22(15)26-11-9-25(10-12-26)18-5-3-16(4-6-18)21(23)27/h3-8,13-14H,9-12H2,1-2H3,(H2,23,27). The molecule has 0 bridgehead atoms. The maximum absolute atomic E-state index is 11.2. The number of nitrogens with zero attached hydrogens (tertiary/aromatic N) is 3. The molecular weight excluding hydrogens is 352 g/mol. The molecule has 1 fully saturated rings. The molecule has 0 atom stereocenters. The van der Waals surface area contributed by atoms with Gasteiger partial charge >= 0.3 is 0 Å². The van der Waals surface area contributed by atoms with Gasteiger partial charge < -0.3 is 20.3 Å². The van der Waals surface area contributed by atoms with Gasteiger partial charge in [0.1, 0.15) is 11.6 Å². The summed E-state index contributed by atoms with van der Waals surface area (Å²) >= 11 is 0. The van der Waals surface area contributed by atoms with Gasteiger partial charge in [-0.1, -0.05) is 0 Å². The van der Waals surface area contributed by atoms with Crippen LogP contribution in [-0.2, 0) is 0 Å². The van der Waals surface area contributed by atoms with E-state index in [9.17, 15) is 4.79 Å². The Morgan fingerprint density at radius 1 is 1.00 bits per heavy atom. The summed E-state index contributed by atoms with van der Waals surface area (Å²) in [6.45, 7) is 5.70. The number of anilines is 2. The number of fused-ring (bicyclic) bond motifs is 1. The van der Waals surface area contributed by atoms with Crippen LogP contribution in [0, 0.1) is 6.92 Å². The third kappa shape index (κ3) is 3.45. The first-order valence-electron chi connectivity index (χ1n) is 9.40. The van der Waals surface area contributed by atoms with E-state index in [1.54, 1.807) is 19.2 Å². The number of ether oxygens (including phenoxy) is 1. The smallest absolute Gasteiger partial charge is 0.248 e. The normalized spacial score (nSPS) is 14.4. The number of methoxy groups -OCH3 is 1. The van der Waals surface area contributed by atoms with Crippen LogP contribution in [0.1, 0.15) is 15.9 Å². The number of hydrogen-bond donors (Lipinski definition) is 1. The minimum Gasteiger partial charge on any atom is -0.497 e. The van der Waals surface area contributed by atoms with Gasteiger partial charge in [-0.05, 0) is 61.0 Å². The van der Waals surface area contributed by atoms with Gasteiger partial charge in [-0.3, -0.25) is 4.79 Å². The second-order valence-corrected chi connectivity index (χ2v) is 7.07. The number of pyridine rings is 1. The number of rotatable bonds is 4. The quantitative estimate of drug-likeness (QED) is 0.758. The minimum atomic E-state index is -0.396. The maximum Gasteiger partial charge on any atom is 0.248 e. The van der Waals surface area contributed by atoms with E-state index >= 15 is 0 Å². The molecule has 0 unspecified atom stereocenters. The van der Waals surface area contributed by atoms with Crippen LogP contribution in [0.4, 0.5) is 11.5 Å². The summed E-state index contributed by atoms with van der Waals surface area (Å²) in [5.74, 6) is 1.49. The lowest BCUT2D eigenvalue weighted by Crippen LogP contribution is -2.47. The predicted molar refractivity (Wildman–Crippen MR) is 112 cm³/mol. The zero-order valence-electron chi connectivity index (χ0n) is 16.2. The molecule has 0 radical (unpaired) electrons. The molecule has 6 heteroatoms. The maximum atomic E-state index is 11.2. The number of primary amides is 1. The van der Waals surface area contributed by atoms with Crippen LogP contribution in [0.25, 0.3) is 10.9 Å². The van der Waals surface area contributed by atoms with Crippen molar-refractivity contribution in [3.05, 3.63) is 59.7 Å². The molecule has 1 saturated heterocycles. The SMILES string of the molecule is COc1ccc2nc(N3CCN(c4ccc(C(N)=O)cc4)CC3)c(C)cc2c1. The van der Waals surface area contributed by atoms with Gasteiger partial charge in [-0.15, -0.1) is 0 Å². The second kappa shape index (κ2) is 7.38. The number of carbonyl (C=O) groups excluding carboxylic acids is 1. The molecule has 1 amide bonds. The molecule has 28 heavy (non-hydrogen) atoms. The van der Waals surface area contributed by atoms with Crippen LogP contribution in [-0.4, -0.2) is 44.2 Å². The molecule has 4 rings (SSSR count). The van der Waals surface area contributed by atoms with E-state index in [4.69, 9.17) is 15.5 Å². The molecular formula is C22H24N4O2.